The van der Waals surface area contributed by atoms with Crippen molar-refractivity contribution in [1.82, 2.24) is 15.5 Å². The maximum atomic E-state index is 12.1. The Morgan fingerprint density at radius 3 is 2.52 bits per heavy atom. The summed E-state index contributed by atoms with van der Waals surface area (Å²) in [6.07, 6.45) is 0. The van der Waals surface area contributed by atoms with Gasteiger partial charge in [0.05, 0.1) is 13.1 Å². The summed E-state index contributed by atoms with van der Waals surface area (Å²) in [5.41, 5.74) is 0. The van der Waals surface area contributed by atoms with Gasteiger partial charge in [-0.25, -0.2) is 4.79 Å². The van der Waals surface area contributed by atoms with Crippen molar-refractivity contribution in [3.05, 3.63) is 22.4 Å². The normalized spacial score (nSPS) is 10.2. The SMILES string of the molecule is CC(C)N(Cc1cccs1)C(=O)NCC(=O)NCC(=O)O. The third kappa shape index (κ3) is 6.26. The predicted octanol–water partition coefficient (Wildman–Crippen LogP) is 0.869. The van der Waals surface area contributed by atoms with Gasteiger partial charge in [0.25, 0.3) is 0 Å². The smallest absolute Gasteiger partial charge is 0.322 e. The lowest BCUT2D eigenvalue weighted by Gasteiger charge is -2.26. The summed E-state index contributed by atoms with van der Waals surface area (Å²) in [5.74, 6) is -1.67. The molecule has 1 aromatic rings. The summed E-state index contributed by atoms with van der Waals surface area (Å²) in [7, 11) is 0. The largest absolute Gasteiger partial charge is 0.480 e. The van der Waals surface area contributed by atoms with Gasteiger partial charge < -0.3 is 20.6 Å². The lowest BCUT2D eigenvalue weighted by Crippen LogP contribution is -2.47. The molecular formula is C13H19N3O4S. The number of urea groups is 1. The summed E-state index contributed by atoms with van der Waals surface area (Å²) in [6, 6.07) is 3.47. The third-order valence-electron chi connectivity index (χ3n) is 2.63. The van der Waals surface area contributed by atoms with Crippen molar-refractivity contribution >= 4 is 29.2 Å². The number of carbonyl (C=O) groups excluding carboxylic acids is 2. The van der Waals surface area contributed by atoms with Crippen molar-refractivity contribution < 1.29 is 19.5 Å². The highest BCUT2D eigenvalue weighted by Crippen LogP contribution is 2.13. The van der Waals surface area contributed by atoms with Crippen molar-refractivity contribution in [3.63, 3.8) is 0 Å². The van der Waals surface area contributed by atoms with E-state index in [9.17, 15) is 14.4 Å². The molecule has 21 heavy (non-hydrogen) atoms. The standard InChI is InChI=1S/C13H19N3O4S/c1-9(2)16(8-10-4-3-5-21-10)13(20)15-6-11(17)14-7-12(18)19/h3-5,9H,6-8H2,1-2H3,(H,14,17)(H,15,20)(H,18,19). The third-order valence-corrected chi connectivity index (χ3v) is 3.49. The molecule has 0 aliphatic rings. The van der Waals surface area contributed by atoms with Crippen molar-refractivity contribution in [2.45, 2.75) is 26.4 Å². The zero-order valence-electron chi connectivity index (χ0n) is 12.0. The van der Waals surface area contributed by atoms with Crippen LogP contribution < -0.4 is 10.6 Å². The number of nitrogens with zero attached hydrogens (tertiary/aromatic N) is 1. The number of amides is 3. The van der Waals surface area contributed by atoms with Crippen LogP contribution in [0.25, 0.3) is 0 Å². The Balaban J connectivity index is 2.46. The summed E-state index contributed by atoms with van der Waals surface area (Å²) in [6.45, 7) is 3.53. The fourth-order valence-electron chi connectivity index (χ4n) is 1.55. The van der Waals surface area contributed by atoms with Crippen LogP contribution in [0.1, 0.15) is 18.7 Å². The molecule has 0 aliphatic heterocycles. The second-order valence-electron chi connectivity index (χ2n) is 4.63. The molecule has 3 amide bonds. The van der Waals surface area contributed by atoms with Crippen LogP contribution in [0.5, 0.6) is 0 Å². The van der Waals surface area contributed by atoms with Gasteiger partial charge in [-0.1, -0.05) is 6.07 Å². The summed E-state index contributed by atoms with van der Waals surface area (Å²) < 4.78 is 0. The van der Waals surface area contributed by atoms with E-state index in [4.69, 9.17) is 5.11 Å². The van der Waals surface area contributed by atoms with Crippen LogP contribution in [0, 0.1) is 0 Å². The molecule has 1 rings (SSSR count). The van der Waals surface area contributed by atoms with Crippen LogP contribution >= 0.6 is 11.3 Å². The minimum atomic E-state index is -1.13. The van der Waals surface area contributed by atoms with Gasteiger partial charge in [0.15, 0.2) is 0 Å². The Kier molecular flexibility index (Phi) is 6.67. The highest BCUT2D eigenvalue weighted by Gasteiger charge is 2.18. The van der Waals surface area contributed by atoms with Crippen LogP contribution in [0.15, 0.2) is 17.5 Å². The van der Waals surface area contributed by atoms with Crippen molar-refractivity contribution in [2.24, 2.45) is 0 Å². The molecule has 0 unspecified atom stereocenters. The lowest BCUT2D eigenvalue weighted by molar-refractivity contribution is -0.137. The number of carboxylic acids is 1. The first kappa shape index (κ1) is 17.0. The topological polar surface area (TPSA) is 98.7 Å². The molecule has 0 atom stereocenters. The van der Waals surface area contributed by atoms with Gasteiger partial charge in [0, 0.05) is 10.9 Å². The first-order chi connectivity index (χ1) is 9.90. The molecule has 3 N–H and O–H groups in total. The van der Waals surface area contributed by atoms with Gasteiger partial charge in [-0.15, -0.1) is 11.3 Å². The first-order valence-corrected chi connectivity index (χ1v) is 7.33. The highest BCUT2D eigenvalue weighted by molar-refractivity contribution is 7.09. The monoisotopic (exact) mass is 313 g/mol. The molecule has 8 heteroatoms. The number of thiophene rings is 1. The van der Waals surface area contributed by atoms with E-state index in [-0.39, 0.29) is 18.6 Å². The molecule has 0 spiro atoms. The van der Waals surface area contributed by atoms with E-state index in [1.807, 2.05) is 31.4 Å². The Hall–Kier alpha value is -2.09. The summed E-state index contributed by atoms with van der Waals surface area (Å²) >= 11 is 1.56. The van der Waals surface area contributed by atoms with E-state index >= 15 is 0 Å². The number of rotatable bonds is 7. The van der Waals surface area contributed by atoms with Crippen LogP contribution in [0.2, 0.25) is 0 Å². The summed E-state index contributed by atoms with van der Waals surface area (Å²) in [4.78, 5) is 36.4. The van der Waals surface area contributed by atoms with E-state index in [0.717, 1.165) is 4.88 Å². The molecule has 0 bridgehead atoms. The zero-order valence-corrected chi connectivity index (χ0v) is 12.8. The molecular weight excluding hydrogens is 294 g/mol. The number of nitrogens with one attached hydrogen (secondary N) is 2. The first-order valence-electron chi connectivity index (χ1n) is 6.45. The number of aliphatic carboxylic acids is 1. The molecule has 7 nitrogen and oxygen atoms in total. The molecule has 0 aromatic carbocycles. The van der Waals surface area contributed by atoms with E-state index < -0.39 is 18.4 Å². The predicted molar refractivity (Wildman–Crippen MR) is 79.0 cm³/mol. The number of hydrogen-bond acceptors (Lipinski definition) is 4. The van der Waals surface area contributed by atoms with Crippen LogP contribution in [-0.2, 0) is 16.1 Å². The van der Waals surface area contributed by atoms with Crippen LogP contribution in [0.4, 0.5) is 4.79 Å². The maximum Gasteiger partial charge on any atom is 0.322 e. The molecule has 0 saturated heterocycles. The molecule has 1 heterocycles. The van der Waals surface area contributed by atoms with E-state index in [2.05, 4.69) is 10.6 Å². The summed E-state index contributed by atoms with van der Waals surface area (Å²) in [5, 5.41) is 15.0. The Labute approximate surface area is 126 Å². The minimum Gasteiger partial charge on any atom is -0.480 e. The Morgan fingerprint density at radius 1 is 1.29 bits per heavy atom. The molecule has 0 saturated carbocycles. The second-order valence-corrected chi connectivity index (χ2v) is 5.66. The van der Waals surface area contributed by atoms with E-state index in [0.29, 0.717) is 6.54 Å². The maximum absolute atomic E-state index is 12.1. The van der Waals surface area contributed by atoms with Gasteiger partial charge in [-0.05, 0) is 25.3 Å². The number of hydrogen-bond donors (Lipinski definition) is 3. The van der Waals surface area contributed by atoms with Gasteiger partial charge in [-0.3, -0.25) is 9.59 Å². The fraction of sp³-hybridized carbons (Fsp3) is 0.462. The average molecular weight is 313 g/mol. The molecule has 0 aliphatic carbocycles. The second kappa shape index (κ2) is 8.25. The Morgan fingerprint density at radius 2 is 2.00 bits per heavy atom. The average Bonchev–Trinajstić information content (AvgIpc) is 2.92. The molecule has 116 valence electrons. The van der Waals surface area contributed by atoms with Crippen LogP contribution in [0.3, 0.4) is 0 Å². The number of carboxylic acid groups (broad SMARTS) is 1. The lowest BCUT2D eigenvalue weighted by atomic mass is 10.3. The number of carbonyl (C=O) groups is 3. The van der Waals surface area contributed by atoms with Gasteiger partial charge in [0.2, 0.25) is 5.91 Å². The molecule has 0 radical (unpaired) electrons. The van der Waals surface area contributed by atoms with Crippen molar-refractivity contribution in [3.8, 4) is 0 Å². The molecule has 1 aromatic heterocycles. The molecule has 0 fully saturated rings. The zero-order chi connectivity index (χ0) is 15.8. The fourth-order valence-corrected chi connectivity index (χ4v) is 2.26. The minimum absolute atomic E-state index is 0.0193. The van der Waals surface area contributed by atoms with Gasteiger partial charge >= 0.3 is 12.0 Å². The highest BCUT2D eigenvalue weighted by atomic mass is 32.1. The van der Waals surface area contributed by atoms with Crippen molar-refractivity contribution in [2.75, 3.05) is 13.1 Å². The van der Waals surface area contributed by atoms with Gasteiger partial charge in [-0.2, -0.15) is 0 Å². The van der Waals surface area contributed by atoms with E-state index in [1.165, 1.54) is 0 Å². The quantitative estimate of drug-likeness (QED) is 0.695. The van der Waals surface area contributed by atoms with E-state index in [1.54, 1.807) is 16.2 Å². The van der Waals surface area contributed by atoms with Crippen LogP contribution in [-0.4, -0.2) is 47.0 Å². The van der Waals surface area contributed by atoms with Crippen molar-refractivity contribution in [1.29, 1.82) is 0 Å². The Bertz CT molecular complexity index is 488. The van der Waals surface area contributed by atoms with Gasteiger partial charge in [0.1, 0.15) is 6.54 Å².